The second-order valence-electron chi connectivity index (χ2n) is 7.76. The molecular weight excluding hydrogens is 414 g/mol. The van der Waals surface area contributed by atoms with E-state index in [0.717, 1.165) is 28.4 Å². The lowest BCUT2D eigenvalue weighted by Gasteiger charge is -2.09. The summed E-state index contributed by atoms with van der Waals surface area (Å²) < 4.78 is 9.76. The third kappa shape index (κ3) is 4.21. The molecule has 0 aliphatic rings. The Hall–Kier alpha value is -4.39. The first-order valence-electron chi connectivity index (χ1n) is 10.6. The van der Waals surface area contributed by atoms with Crippen molar-refractivity contribution in [2.75, 3.05) is 5.32 Å². The molecule has 2 aromatic heterocycles. The van der Waals surface area contributed by atoms with Gasteiger partial charge in [-0.05, 0) is 61.5 Å². The van der Waals surface area contributed by atoms with Gasteiger partial charge in [-0.2, -0.15) is 0 Å². The van der Waals surface area contributed by atoms with E-state index < -0.39 is 0 Å². The van der Waals surface area contributed by atoms with E-state index >= 15 is 0 Å². The van der Waals surface area contributed by atoms with Gasteiger partial charge in [0.25, 0.3) is 5.91 Å². The van der Waals surface area contributed by atoms with Crippen LogP contribution in [0.5, 0.6) is 5.75 Å². The van der Waals surface area contributed by atoms with Crippen LogP contribution in [0.3, 0.4) is 0 Å². The summed E-state index contributed by atoms with van der Waals surface area (Å²) in [4.78, 5) is 21.7. The minimum absolute atomic E-state index is 0.189. The number of rotatable bonds is 6. The molecule has 0 saturated carbocycles. The molecule has 0 radical (unpaired) electrons. The molecule has 7 nitrogen and oxygen atoms in total. The summed E-state index contributed by atoms with van der Waals surface area (Å²) in [5.41, 5.74) is 4.03. The Kier molecular flexibility index (Phi) is 5.36. The van der Waals surface area contributed by atoms with Gasteiger partial charge < -0.3 is 14.6 Å². The predicted molar refractivity (Wildman–Crippen MR) is 128 cm³/mol. The van der Waals surface area contributed by atoms with Gasteiger partial charge in [0.2, 0.25) is 0 Å². The number of carbonyl (C=O) groups is 1. The van der Waals surface area contributed by atoms with Crippen LogP contribution in [0.1, 0.15) is 22.0 Å². The van der Waals surface area contributed by atoms with E-state index in [0.29, 0.717) is 23.6 Å². The smallest absolute Gasteiger partial charge is 0.255 e. The maximum Gasteiger partial charge on any atom is 0.255 e. The number of para-hydroxylation sites is 1. The molecule has 2 heterocycles. The molecule has 0 fully saturated rings. The van der Waals surface area contributed by atoms with Crippen LogP contribution < -0.4 is 10.1 Å². The molecule has 1 N–H and O–H groups in total. The molecule has 0 spiro atoms. The number of benzene rings is 3. The van der Waals surface area contributed by atoms with Gasteiger partial charge in [-0.1, -0.05) is 18.2 Å². The molecular formula is C26H23N5O2. The van der Waals surface area contributed by atoms with Gasteiger partial charge in [-0.15, -0.1) is 0 Å². The van der Waals surface area contributed by atoms with Crippen molar-refractivity contribution in [2.45, 2.75) is 13.5 Å². The fourth-order valence-corrected chi connectivity index (χ4v) is 3.77. The number of imidazole rings is 2. The number of anilines is 1. The Labute approximate surface area is 191 Å². The maximum atomic E-state index is 12.8. The second kappa shape index (κ2) is 8.63. The third-order valence-corrected chi connectivity index (χ3v) is 5.50. The molecule has 5 aromatic rings. The van der Waals surface area contributed by atoms with Crippen LogP contribution in [0.25, 0.3) is 16.7 Å². The fourth-order valence-electron chi connectivity index (χ4n) is 3.77. The van der Waals surface area contributed by atoms with Crippen molar-refractivity contribution in [3.05, 3.63) is 102 Å². The summed E-state index contributed by atoms with van der Waals surface area (Å²) in [7, 11) is 1.93. The van der Waals surface area contributed by atoms with Gasteiger partial charge in [0, 0.05) is 36.4 Å². The van der Waals surface area contributed by atoms with E-state index in [1.54, 1.807) is 6.20 Å². The normalized spacial score (nSPS) is 11.0. The standard InChI is InChI=1S/C26H23N5O2/c1-18-28-23-16-19(8-13-24(23)31(18)21-6-4-3-5-7-21)26(32)29-20-9-11-22(12-10-20)33-17-25-27-14-15-30(25)2/h3-16H,17H2,1-2H3,(H,29,32). The van der Waals surface area contributed by atoms with Crippen LogP contribution in [0, 0.1) is 6.92 Å². The van der Waals surface area contributed by atoms with E-state index in [2.05, 4.69) is 19.9 Å². The molecule has 0 saturated heterocycles. The van der Waals surface area contributed by atoms with E-state index in [1.165, 1.54) is 0 Å². The number of nitrogens with one attached hydrogen (secondary N) is 1. The molecule has 5 rings (SSSR count). The summed E-state index contributed by atoms with van der Waals surface area (Å²) in [6, 6.07) is 22.9. The van der Waals surface area contributed by atoms with Gasteiger partial charge in [0.05, 0.1) is 11.0 Å². The summed E-state index contributed by atoms with van der Waals surface area (Å²) >= 11 is 0. The zero-order chi connectivity index (χ0) is 22.8. The SMILES string of the molecule is Cc1nc2cc(C(=O)Nc3ccc(OCc4nccn4C)cc3)ccc2n1-c1ccccc1. The molecule has 0 unspecified atom stereocenters. The Morgan fingerprint density at radius 2 is 1.82 bits per heavy atom. The Morgan fingerprint density at radius 1 is 1.03 bits per heavy atom. The summed E-state index contributed by atoms with van der Waals surface area (Å²) in [6.07, 6.45) is 3.62. The topological polar surface area (TPSA) is 74.0 Å². The average molecular weight is 438 g/mol. The van der Waals surface area contributed by atoms with E-state index in [-0.39, 0.29) is 5.91 Å². The van der Waals surface area contributed by atoms with Gasteiger partial charge >= 0.3 is 0 Å². The van der Waals surface area contributed by atoms with Crippen LogP contribution in [0.15, 0.2) is 85.2 Å². The van der Waals surface area contributed by atoms with Gasteiger partial charge in [0.1, 0.15) is 24.0 Å². The maximum absolute atomic E-state index is 12.8. The Balaban J connectivity index is 1.29. The highest BCUT2D eigenvalue weighted by Gasteiger charge is 2.13. The molecule has 3 aromatic carbocycles. The Morgan fingerprint density at radius 3 is 2.55 bits per heavy atom. The number of amides is 1. The average Bonchev–Trinajstić information content (AvgIpc) is 3.40. The zero-order valence-electron chi connectivity index (χ0n) is 18.4. The largest absolute Gasteiger partial charge is 0.486 e. The number of nitrogens with zero attached hydrogens (tertiary/aromatic N) is 4. The number of hydrogen-bond acceptors (Lipinski definition) is 4. The first-order valence-corrected chi connectivity index (χ1v) is 10.6. The van der Waals surface area contributed by atoms with Crippen LogP contribution in [0.4, 0.5) is 5.69 Å². The van der Waals surface area contributed by atoms with Crippen molar-refractivity contribution < 1.29 is 9.53 Å². The minimum atomic E-state index is -0.189. The number of carbonyl (C=O) groups excluding carboxylic acids is 1. The highest BCUT2D eigenvalue weighted by molar-refractivity contribution is 6.06. The zero-order valence-corrected chi connectivity index (χ0v) is 18.4. The molecule has 0 bridgehead atoms. The summed E-state index contributed by atoms with van der Waals surface area (Å²) in [5.74, 6) is 2.23. The van der Waals surface area contributed by atoms with E-state index in [9.17, 15) is 4.79 Å². The fraction of sp³-hybridized carbons (Fsp3) is 0.115. The van der Waals surface area contributed by atoms with Gasteiger partial charge in [-0.25, -0.2) is 9.97 Å². The monoisotopic (exact) mass is 437 g/mol. The molecule has 0 atom stereocenters. The van der Waals surface area contributed by atoms with Crippen LogP contribution in [-0.4, -0.2) is 25.0 Å². The van der Waals surface area contributed by atoms with Crippen molar-refractivity contribution >= 4 is 22.6 Å². The lowest BCUT2D eigenvalue weighted by Crippen LogP contribution is -2.11. The quantitative estimate of drug-likeness (QED) is 0.410. The molecule has 1 amide bonds. The van der Waals surface area contributed by atoms with E-state index in [1.807, 2.05) is 97.5 Å². The molecule has 164 valence electrons. The van der Waals surface area contributed by atoms with E-state index in [4.69, 9.17) is 4.74 Å². The molecule has 33 heavy (non-hydrogen) atoms. The molecule has 7 heteroatoms. The highest BCUT2D eigenvalue weighted by Crippen LogP contribution is 2.23. The first-order chi connectivity index (χ1) is 16.1. The molecule has 0 aliphatic carbocycles. The molecule has 0 aliphatic heterocycles. The van der Waals surface area contributed by atoms with Crippen molar-refractivity contribution in [1.82, 2.24) is 19.1 Å². The second-order valence-corrected chi connectivity index (χ2v) is 7.76. The van der Waals surface area contributed by atoms with Crippen molar-refractivity contribution in [2.24, 2.45) is 7.05 Å². The number of aryl methyl sites for hydroxylation is 2. The number of aromatic nitrogens is 4. The third-order valence-electron chi connectivity index (χ3n) is 5.50. The van der Waals surface area contributed by atoms with Crippen molar-refractivity contribution in [3.8, 4) is 11.4 Å². The highest BCUT2D eigenvalue weighted by atomic mass is 16.5. The lowest BCUT2D eigenvalue weighted by atomic mass is 10.1. The minimum Gasteiger partial charge on any atom is -0.486 e. The lowest BCUT2D eigenvalue weighted by molar-refractivity contribution is 0.102. The van der Waals surface area contributed by atoms with Crippen LogP contribution in [0.2, 0.25) is 0 Å². The predicted octanol–water partition coefficient (Wildman–Crippen LogP) is 4.90. The number of hydrogen-bond donors (Lipinski definition) is 1. The van der Waals surface area contributed by atoms with Crippen molar-refractivity contribution in [1.29, 1.82) is 0 Å². The summed E-state index contributed by atoms with van der Waals surface area (Å²) in [5, 5.41) is 2.94. The van der Waals surface area contributed by atoms with Crippen LogP contribution in [-0.2, 0) is 13.7 Å². The number of ether oxygens (including phenoxy) is 1. The van der Waals surface area contributed by atoms with Gasteiger partial charge in [-0.3, -0.25) is 9.36 Å². The van der Waals surface area contributed by atoms with Gasteiger partial charge in [0.15, 0.2) is 0 Å². The van der Waals surface area contributed by atoms with Crippen LogP contribution >= 0.6 is 0 Å². The summed E-state index contributed by atoms with van der Waals surface area (Å²) in [6.45, 7) is 2.34. The first kappa shape index (κ1) is 20.5. The Bertz CT molecular complexity index is 1420. The van der Waals surface area contributed by atoms with Crippen molar-refractivity contribution in [3.63, 3.8) is 0 Å². The number of fused-ring (bicyclic) bond motifs is 1.